The van der Waals surface area contributed by atoms with Crippen molar-refractivity contribution in [3.63, 3.8) is 0 Å². The van der Waals surface area contributed by atoms with Crippen LogP contribution in [0.25, 0.3) is 0 Å². The Balaban J connectivity index is 1.33. The van der Waals surface area contributed by atoms with Crippen LogP contribution in [0, 0.1) is 5.82 Å². The van der Waals surface area contributed by atoms with Gasteiger partial charge in [-0.05, 0) is 37.0 Å². The van der Waals surface area contributed by atoms with Gasteiger partial charge in [-0.1, -0.05) is 12.1 Å². The molecule has 25 heavy (non-hydrogen) atoms. The van der Waals surface area contributed by atoms with E-state index in [1.807, 2.05) is 0 Å². The van der Waals surface area contributed by atoms with Crippen molar-refractivity contribution in [1.82, 2.24) is 16.0 Å². The predicted molar refractivity (Wildman–Crippen MR) is 93.9 cm³/mol. The van der Waals surface area contributed by atoms with Gasteiger partial charge < -0.3 is 20.7 Å². The second-order valence-corrected chi connectivity index (χ2v) is 6.52. The van der Waals surface area contributed by atoms with Crippen molar-refractivity contribution in [2.24, 2.45) is 4.99 Å². The zero-order valence-electron chi connectivity index (χ0n) is 14.4. The van der Waals surface area contributed by atoms with Crippen molar-refractivity contribution in [3.8, 4) is 0 Å². The molecular formula is C18H25FN4O2. The topological polar surface area (TPSA) is 74.8 Å². The number of nitrogens with one attached hydrogen (secondary N) is 3. The summed E-state index contributed by atoms with van der Waals surface area (Å²) in [6.45, 7) is 1.04. The number of nitrogens with zero attached hydrogens (tertiary/aromatic N) is 1. The molecule has 2 saturated heterocycles. The Morgan fingerprint density at radius 2 is 2.16 bits per heavy atom. The Hall–Kier alpha value is -2.15. The second-order valence-electron chi connectivity index (χ2n) is 6.52. The lowest BCUT2D eigenvalue weighted by atomic mass is 9.96. The first-order chi connectivity index (χ1) is 12.1. The molecule has 2 aliphatic heterocycles. The van der Waals surface area contributed by atoms with Gasteiger partial charge in [0, 0.05) is 20.1 Å². The number of rotatable bonds is 6. The fraction of sp³-hybridized carbons (Fsp3) is 0.556. The van der Waals surface area contributed by atoms with E-state index in [0.717, 1.165) is 25.2 Å². The number of hydrogen-bond acceptors (Lipinski definition) is 3. The van der Waals surface area contributed by atoms with Crippen LogP contribution in [0.3, 0.4) is 0 Å². The number of guanidine groups is 1. The molecule has 3 N–H and O–H groups in total. The highest BCUT2D eigenvalue weighted by Crippen LogP contribution is 2.34. The molecule has 136 valence electrons. The van der Waals surface area contributed by atoms with E-state index in [1.165, 1.54) is 12.1 Å². The van der Waals surface area contributed by atoms with E-state index in [9.17, 15) is 9.18 Å². The molecule has 0 radical (unpaired) electrons. The Bertz CT molecular complexity index is 637. The maximum Gasteiger partial charge on any atom is 0.224 e. The van der Waals surface area contributed by atoms with Gasteiger partial charge in [-0.2, -0.15) is 0 Å². The maximum atomic E-state index is 13.1. The van der Waals surface area contributed by atoms with Crippen LogP contribution >= 0.6 is 0 Å². The van der Waals surface area contributed by atoms with Crippen LogP contribution in [0.5, 0.6) is 0 Å². The highest BCUT2D eigenvalue weighted by molar-refractivity contribution is 5.80. The van der Waals surface area contributed by atoms with Crippen molar-refractivity contribution in [1.29, 1.82) is 0 Å². The lowest BCUT2D eigenvalue weighted by Crippen LogP contribution is -2.48. The van der Waals surface area contributed by atoms with Crippen LogP contribution in [-0.4, -0.2) is 50.3 Å². The predicted octanol–water partition coefficient (Wildman–Crippen LogP) is 0.969. The molecule has 2 aliphatic rings. The molecule has 3 atom stereocenters. The molecule has 1 aromatic rings. The average molecular weight is 348 g/mol. The van der Waals surface area contributed by atoms with Crippen molar-refractivity contribution in [3.05, 3.63) is 35.6 Å². The van der Waals surface area contributed by atoms with Crippen molar-refractivity contribution < 1.29 is 13.9 Å². The van der Waals surface area contributed by atoms with Gasteiger partial charge in [0.1, 0.15) is 5.82 Å². The van der Waals surface area contributed by atoms with Gasteiger partial charge in [0.25, 0.3) is 0 Å². The van der Waals surface area contributed by atoms with E-state index in [-0.39, 0.29) is 24.2 Å². The number of halogens is 1. The summed E-state index contributed by atoms with van der Waals surface area (Å²) in [6.07, 6.45) is 4.14. The minimum atomic E-state index is -0.327. The normalized spacial score (nSPS) is 25.0. The lowest BCUT2D eigenvalue weighted by Gasteiger charge is -2.22. The standard InChI is InChI=1S/C18H25FN4O2/c1-20-18(23-15-11-14-5-6-16(15)25-14)22-8-7-21-17(24)10-12-3-2-4-13(19)9-12/h2-4,9,14-16H,5-8,10-11H2,1H3,(H,21,24)(H2,20,22,23). The first-order valence-electron chi connectivity index (χ1n) is 8.78. The molecule has 2 fully saturated rings. The number of aliphatic imine (C=N–C) groups is 1. The van der Waals surface area contributed by atoms with Crippen molar-refractivity contribution in [2.75, 3.05) is 20.1 Å². The molecule has 2 heterocycles. The van der Waals surface area contributed by atoms with Crippen LogP contribution in [-0.2, 0) is 16.0 Å². The Morgan fingerprint density at radius 3 is 2.84 bits per heavy atom. The Kier molecular flexibility index (Phi) is 5.86. The Labute approximate surface area is 147 Å². The van der Waals surface area contributed by atoms with Crippen molar-refractivity contribution >= 4 is 11.9 Å². The van der Waals surface area contributed by atoms with E-state index in [1.54, 1.807) is 19.2 Å². The van der Waals surface area contributed by atoms with Crippen LogP contribution < -0.4 is 16.0 Å². The molecular weight excluding hydrogens is 323 g/mol. The van der Waals surface area contributed by atoms with Gasteiger partial charge in [-0.25, -0.2) is 4.39 Å². The number of amides is 1. The average Bonchev–Trinajstić information content (AvgIpc) is 3.20. The van der Waals surface area contributed by atoms with Gasteiger partial charge in [0.15, 0.2) is 5.96 Å². The zero-order valence-corrected chi connectivity index (χ0v) is 14.4. The molecule has 0 aromatic heterocycles. The summed E-state index contributed by atoms with van der Waals surface area (Å²) < 4.78 is 18.9. The third-order valence-electron chi connectivity index (χ3n) is 4.65. The smallest absolute Gasteiger partial charge is 0.224 e. The minimum absolute atomic E-state index is 0.128. The largest absolute Gasteiger partial charge is 0.373 e. The summed E-state index contributed by atoms with van der Waals surface area (Å²) in [6, 6.07) is 6.40. The summed E-state index contributed by atoms with van der Waals surface area (Å²) >= 11 is 0. The van der Waals surface area contributed by atoms with Gasteiger partial charge in [0.05, 0.1) is 24.7 Å². The van der Waals surface area contributed by atoms with E-state index < -0.39 is 0 Å². The molecule has 7 heteroatoms. The number of hydrogen-bond donors (Lipinski definition) is 3. The molecule has 6 nitrogen and oxygen atoms in total. The van der Waals surface area contributed by atoms with Crippen LogP contribution in [0.1, 0.15) is 24.8 Å². The van der Waals surface area contributed by atoms with Gasteiger partial charge in [-0.3, -0.25) is 9.79 Å². The minimum Gasteiger partial charge on any atom is -0.373 e. The number of carbonyl (C=O) groups is 1. The molecule has 1 aromatic carbocycles. The number of carbonyl (C=O) groups excluding carboxylic acids is 1. The summed E-state index contributed by atoms with van der Waals surface area (Å²) in [5, 5.41) is 9.40. The highest BCUT2D eigenvalue weighted by Gasteiger charge is 2.41. The number of ether oxygens (including phenoxy) is 1. The van der Waals surface area contributed by atoms with Gasteiger partial charge in [0.2, 0.25) is 5.91 Å². The van der Waals surface area contributed by atoms with E-state index in [2.05, 4.69) is 20.9 Å². The molecule has 0 aliphatic carbocycles. The fourth-order valence-electron chi connectivity index (χ4n) is 3.44. The molecule has 2 bridgehead atoms. The fourth-order valence-corrected chi connectivity index (χ4v) is 3.44. The lowest BCUT2D eigenvalue weighted by molar-refractivity contribution is -0.120. The monoisotopic (exact) mass is 348 g/mol. The van der Waals surface area contributed by atoms with E-state index in [4.69, 9.17) is 4.74 Å². The quantitative estimate of drug-likeness (QED) is 0.407. The molecule has 3 rings (SSSR count). The number of benzene rings is 1. The SMILES string of the molecule is CN=C(NCCNC(=O)Cc1cccc(F)c1)NC1CC2CCC1O2. The molecule has 0 saturated carbocycles. The number of fused-ring (bicyclic) bond motifs is 2. The van der Waals surface area contributed by atoms with Gasteiger partial charge >= 0.3 is 0 Å². The van der Waals surface area contributed by atoms with Crippen LogP contribution in [0.2, 0.25) is 0 Å². The van der Waals surface area contributed by atoms with Crippen LogP contribution in [0.4, 0.5) is 4.39 Å². The summed E-state index contributed by atoms with van der Waals surface area (Å²) in [5.41, 5.74) is 0.666. The highest BCUT2D eigenvalue weighted by atomic mass is 19.1. The third kappa shape index (κ3) is 4.92. The zero-order chi connectivity index (χ0) is 17.6. The Morgan fingerprint density at radius 1 is 1.32 bits per heavy atom. The first kappa shape index (κ1) is 17.7. The molecule has 0 spiro atoms. The van der Waals surface area contributed by atoms with E-state index >= 15 is 0 Å². The summed E-state index contributed by atoms with van der Waals surface area (Å²) in [4.78, 5) is 16.1. The summed E-state index contributed by atoms with van der Waals surface area (Å²) in [7, 11) is 1.73. The third-order valence-corrected chi connectivity index (χ3v) is 4.65. The van der Waals surface area contributed by atoms with Gasteiger partial charge in [-0.15, -0.1) is 0 Å². The first-order valence-corrected chi connectivity index (χ1v) is 8.78. The van der Waals surface area contributed by atoms with E-state index in [0.29, 0.717) is 30.8 Å². The van der Waals surface area contributed by atoms with Crippen molar-refractivity contribution in [2.45, 2.75) is 43.9 Å². The molecule has 3 unspecified atom stereocenters. The maximum absolute atomic E-state index is 13.1. The van der Waals surface area contributed by atoms with Crippen LogP contribution in [0.15, 0.2) is 29.3 Å². The molecule has 1 amide bonds. The summed E-state index contributed by atoms with van der Waals surface area (Å²) in [5.74, 6) is 0.267. The second kappa shape index (κ2) is 8.29.